The quantitative estimate of drug-likeness (QED) is 0.624. The van der Waals surface area contributed by atoms with Gasteiger partial charge in [-0.05, 0) is 37.5 Å². The van der Waals surface area contributed by atoms with Crippen LogP contribution in [0.1, 0.15) is 40.0 Å². The molecule has 0 saturated heterocycles. The minimum Gasteiger partial charge on any atom is -0.465 e. The molecule has 0 aromatic heterocycles. The van der Waals surface area contributed by atoms with Gasteiger partial charge in [0.15, 0.2) is 0 Å². The Labute approximate surface area is 105 Å². The third-order valence-corrected chi connectivity index (χ3v) is 3.08. The molecule has 5 heteroatoms. The molecule has 0 bridgehead atoms. The summed E-state index contributed by atoms with van der Waals surface area (Å²) in [6.45, 7) is 0. The maximum atomic E-state index is 11.9. The van der Waals surface area contributed by atoms with Crippen LogP contribution in [0.5, 0.6) is 0 Å². The first-order valence-electron chi connectivity index (χ1n) is 5.90. The molecule has 2 rings (SSSR count). The molecule has 0 unspecified atom stereocenters. The fraction of sp³-hybridized carbons (Fsp3) is 0.385. The highest BCUT2D eigenvalue weighted by Gasteiger charge is 2.21. The van der Waals surface area contributed by atoms with E-state index in [4.69, 9.17) is 5.73 Å². The lowest BCUT2D eigenvalue weighted by Crippen LogP contribution is -2.39. The molecule has 96 valence electrons. The zero-order valence-electron chi connectivity index (χ0n) is 10.2. The van der Waals surface area contributed by atoms with Gasteiger partial charge in [-0.15, -0.1) is 0 Å². The van der Waals surface area contributed by atoms with E-state index in [0.717, 1.165) is 19.3 Å². The van der Waals surface area contributed by atoms with E-state index in [1.54, 1.807) is 6.07 Å². The number of rotatable bonds is 3. The number of methoxy groups -OCH3 is 1. The summed E-state index contributed by atoms with van der Waals surface area (Å²) in [6.07, 6.45) is 3.17. The summed E-state index contributed by atoms with van der Waals surface area (Å²) in [5.41, 5.74) is 6.73. The molecular weight excluding hydrogens is 232 g/mol. The van der Waals surface area contributed by atoms with Gasteiger partial charge in [0.25, 0.3) is 5.91 Å². The first-order chi connectivity index (χ1) is 8.60. The van der Waals surface area contributed by atoms with Gasteiger partial charge in [-0.2, -0.15) is 0 Å². The second-order valence-electron chi connectivity index (χ2n) is 4.44. The SMILES string of the molecule is COC(=O)c1cc(N)cc(C(=O)NC2CCC2)c1. The molecule has 3 N–H and O–H groups in total. The van der Waals surface area contributed by atoms with Crippen LogP contribution in [0.4, 0.5) is 5.69 Å². The van der Waals surface area contributed by atoms with Crippen molar-refractivity contribution in [3.63, 3.8) is 0 Å². The van der Waals surface area contributed by atoms with Crippen molar-refractivity contribution in [3.8, 4) is 0 Å². The Morgan fingerprint density at radius 2 is 1.94 bits per heavy atom. The second-order valence-corrected chi connectivity index (χ2v) is 4.44. The van der Waals surface area contributed by atoms with Gasteiger partial charge in [0.1, 0.15) is 0 Å². The third kappa shape index (κ3) is 2.61. The Kier molecular flexibility index (Phi) is 3.50. The van der Waals surface area contributed by atoms with Crippen LogP contribution in [0.25, 0.3) is 0 Å². The predicted octanol–water partition coefficient (Wildman–Crippen LogP) is 1.34. The Bertz CT molecular complexity index is 481. The van der Waals surface area contributed by atoms with E-state index < -0.39 is 5.97 Å². The lowest BCUT2D eigenvalue weighted by atomic mass is 9.93. The van der Waals surface area contributed by atoms with Gasteiger partial charge in [0.2, 0.25) is 0 Å². The summed E-state index contributed by atoms with van der Waals surface area (Å²) in [5, 5.41) is 2.90. The summed E-state index contributed by atoms with van der Waals surface area (Å²) >= 11 is 0. The van der Waals surface area contributed by atoms with Crippen molar-refractivity contribution < 1.29 is 14.3 Å². The first kappa shape index (κ1) is 12.4. The van der Waals surface area contributed by atoms with Crippen molar-refractivity contribution in [2.45, 2.75) is 25.3 Å². The first-order valence-corrected chi connectivity index (χ1v) is 5.90. The highest BCUT2D eigenvalue weighted by molar-refractivity contribution is 5.99. The van der Waals surface area contributed by atoms with Crippen LogP contribution in [-0.2, 0) is 4.74 Å². The number of hydrogen-bond acceptors (Lipinski definition) is 4. The van der Waals surface area contributed by atoms with Crippen LogP contribution in [-0.4, -0.2) is 25.0 Å². The molecule has 1 saturated carbocycles. The highest BCUT2D eigenvalue weighted by Crippen LogP contribution is 2.19. The minimum absolute atomic E-state index is 0.197. The molecule has 1 aromatic rings. The lowest BCUT2D eigenvalue weighted by molar-refractivity contribution is 0.0601. The van der Waals surface area contributed by atoms with Gasteiger partial charge < -0.3 is 15.8 Å². The van der Waals surface area contributed by atoms with Crippen molar-refractivity contribution in [3.05, 3.63) is 29.3 Å². The zero-order valence-corrected chi connectivity index (χ0v) is 10.2. The maximum Gasteiger partial charge on any atom is 0.337 e. The molecule has 0 spiro atoms. The number of amides is 1. The van der Waals surface area contributed by atoms with Gasteiger partial charge in [0.05, 0.1) is 12.7 Å². The summed E-state index contributed by atoms with van der Waals surface area (Å²) in [6, 6.07) is 4.79. The molecule has 1 fully saturated rings. The van der Waals surface area contributed by atoms with Crippen molar-refractivity contribution >= 4 is 17.6 Å². The Hall–Kier alpha value is -2.04. The molecule has 18 heavy (non-hydrogen) atoms. The monoisotopic (exact) mass is 248 g/mol. The topological polar surface area (TPSA) is 81.4 Å². The number of hydrogen-bond donors (Lipinski definition) is 2. The van der Waals surface area contributed by atoms with Crippen molar-refractivity contribution in [1.29, 1.82) is 0 Å². The molecule has 1 aliphatic rings. The molecule has 5 nitrogen and oxygen atoms in total. The van der Waals surface area contributed by atoms with E-state index >= 15 is 0 Å². The molecule has 1 aromatic carbocycles. The summed E-state index contributed by atoms with van der Waals surface area (Å²) in [5.74, 6) is -0.697. The van der Waals surface area contributed by atoms with Gasteiger partial charge >= 0.3 is 5.97 Å². The maximum absolute atomic E-state index is 11.9. The average Bonchev–Trinajstić information content (AvgIpc) is 2.31. The molecule has 0 heterocycles. The third-order valence-electron chi connectivity index (χ3n) is 3.08. The van der Waals surface area contributed by atoms with Crippen LogP contribution in [0, 0.1) is 0 Å². The zero-order chi connectivity index (χ0) is 13.1. The minimum atomic E-state index is -0.500. The Balaban J connectivity index is 2.18. The number of nitrogens with one attached hydrogen (secondary N) is 1. The highest BCUT2D eigenvalue weighted by atomic mass is 16.5. The lowest BCUT2D eigenvalue weighted by Gasteiger charge is -2.26. The molecule has 0 atom stereocenters. The molecule has 1 aliphatic carbocycles. The van der Waals surface area contributed by atoms with Crippen LogP contribution in [0.2, 0.25) is 0 Å². The molecular formula is C13H16N2O3. The van der Waals surface area contributed by atoms with Crippen LogP contribution in [0.15, 0.2) is 18.2 Å². The van der Waals surface area contributed by atoms with E-state index in [1.807, 2.05) is 0 Å². The van der Waals surface area contributed by atoms with Gasteiger partial charge in [-0.3, -0.25) is 4.79 Å². The summed E-state index contributed by atoms with van der Waals surface area (Å²) in [4.78, 5) is 23.4. The van der Waals surface area contributed by atoms with Crippen LogP contribution >= 0.6 is 0 Å². The number of anilines is 1. The fourth-order valence-electron chi connectivity index (χ4n) is 1.84. The molecule has 0 radical (unpaired) electrons. The van der Waals surface area contributed by atoms with E-state index in [-0.39, 0.29) is 17.5 Å². The number of nitrogens with two attached hydrogens (primary N) is 1. The van der Waals surface area contributed by atoms with Gasteiger partial charge in [-0.25, -0.2) is 4.79 Å². The second kappa shape index (κ2) is 5.08. The molecule has 0 aliphatic heterocycles. The molecule has 1 amide bonds. The van der Waals surface area contributed by atoms with Crippen LogP contribution < -0.4 is 11.1 Å². The normalized spacial score (nSPS) is 14.7. The fourth-order valence-corrected chi connectivity index (χ4v) is 1.84. The standard InChI is InChI=1S/C13H16N2O3/c1-18-13(17)9-5-8(6-10(14)7-9)12(16)15-11-3-2-4-11/h5-7,11H,2-4,14H2,1H3,(H,15,16). The number of esters is 1. The summed E-state index contributed by atoms with van der Waals surface area (Å²) in [7, 11) is 1.29. The van der Waals surface area contributed by atoms with Crippen molar-refractivity contribution in [2.24, 2.45) is 0 Å². The predicted molar refractivity (Wildman–Crippen MR) is 67.3 cm³/mol. The average molecular weight is 248 g/mol. The number of benzene rings is 1. The van der Waals surface area contributed by atoms with Crippen LogP contribution in [0.3, 0.4) is 0 Å². The van der Waals surface area contributed by atoms with Crippen molar-refractivity contribution in [2.75, 3.05) is 12.8 Å². The van der Waals surface area contributed by atoms with E-state index in [9.17, 15) is 9.59 Å². The number of carbonyl (C=O) groups excluding carboxylic acids is 2. The number of nitrogen functional groups attached to an aromatic ring is 1. The van der Waals surface area contributed by atoms with Crippen molar-refractivity contribution in [1.82, 2.24) is 5.32 Å². The van der Waals surface area contributed by atoms with Gasteiger partial charge in [-0.1, -0.05) is 0 Å². The largest absolute Gasteiger partial charge is 0.465 e. The smallest absolute Gasteiger partial charge is 0.337 e. The van der Waals surface area contributed by atoms with E-state index in [0.29, 0.717) is 11.3 Å². The summed E-state index contributed by atoms with van der Waals surface area (Å²) < 4.78 is 4.61. The van der Waals surface area contributed by atoms with Gasteiger partial charge in [0, 0.05) is 17.3 Å². The van der Waals surface area contributed by atoms with E-state index in [1.165, 1.54) is 19.2 Å². The Morgan fingerprint density at radius 1 is 1.28 bits per heavy atom. The number of carbonyl (C=O) groups is 2. The van der Waals surface area contributed by atoms with E-state index in [2.05, 4.69) is 10.1 Å². The number of ether oxygens (including phenoxy) is 1. The Morgan fingerprint density at radius 3 is 2.50 bits per heavy atom.